The van der Waals surface area contributed by atoms with E-state index in [-0.39, 0.29) is 19.1 Å². The van der Waals surface area contributed by atoms with Crippen LogP contribution >= 0.6 is 0 Å². The summed E-state index contributed by atoms with van der Waals surface area (Å²) in [6.45, 7) is 2.59. The normalized spacial score (nSPS) is 11.0. The van der Waals surface area contributed by atoms with Gasteiger partial charge in [-0.05, 0) is 54.4 Å². The number of ether oxygens (including phenoxy) is 3. The lowest BCUT2D eigenvalue weighted by Crippen LogP contribution is -2.30. The predicted octanol–water partition coefficient (Wildman–Crippen LogP) is 3.79. The van der Waals surface area contributed by atoms with Gasteiger partial charge in [-0.25, -0.2) is 8.42 Å². The Bertz CT molecular complexity index is 1260. The molecule has 0 saturated heterocycles. The van der Waals surface area contributed by atoms with Crippen molar-refractivity contribution in [1.82, 2.24) is 5.32 Å². The lowest BCUT2D eigenvalue weighted by atomic mass is 10.1. The van der Waals surface area contributed by atoms with Gasteiger partial charge >= 0.3 is 0 Å². The maximum Gasteiger partial charge on any atom is 0.251 e. The maximum absolute atomic E-state index is 12.6. The molecule has 0 unspecified atom stereocenters. The van der Waals surface area contributed by atoms with Crippen LogP contribution in [0, 0.1) is 6.92 Å². The van der Waals surface area contributed by atoms with Crippen LogP contribution in [0.1, 0.15) is 21.5 Å². The van der Waals surface area contributed by atoms with Crippen molar-refractivity contribution in [2.75, 3.05) is 37.9 Å². The Balaban J connectivity index is 1.63. The molecule has 9 heteroatoms. The number of carbonyl (C=O) groups excluding carboxylic acids is 1. The maximum atomic E-state index is 12.6. The van der Waals surface area contributed by atoms with Crippen molar-refractivity contribution < 1.29 is 27.4 Å². The lowest BCUT2D eigenvalue weighted by molar-refractivity contribution is 0.0947. The molecule has 1 N–H and O–H groups in total. The number of para-hydroxylation sites is 2. The van der Waals surface area contributed by atoms with E-state index in [9.17, 15) is 13.2 Å². The summed E-state index contributed by atoms with van der Waals surface area (Å²) in [6.07, 6.45) is 1.16. The number of sulfonamides is 1. The van der Waals surface area contributed by atoms with Crippen molar-refractivity contribution in [2.24, 2.45) is 0 Å². The van der Waals surface area contributed by atoms with Crippen LogP contribution in [0.25, 0.3) is 0 Å². The molecule has 0 aliphatic rings. The van der Waals surface area contributed by atoms with E-state index >= 15 is 0 Å². The highest BCUT2D eigenvalue weighted by atomic mass is 32.2. The van der Waals surface area contributed by atoms with Gasteiger partial charge in [-0.3, -0.25) is 9.10 Å². The van der Waals surface area contributed by atoms with Crippen molar-refractivity contribution in [3.63, 3.8) is 0 Å². The van der Waals surface area contributed by atoms with Gasteiger partial charge in [-0.1, -0.05) is 30.3 Å². The van der Waals surface area contributed by atoms with Crippen molar-refractivity contribution in [3.05, 3.63) is 83.4 Å². The molecule has 0 spiro atoms. The number of rotatable bonds is 11. The summed E-state index contributed by atoms with van der Waals surface area (Å²) in [5.74, 6) is 1.45. The second-order valence-electron chi connectivity index (χ2n) is 7.90. The zero-order chi connectivity index (χ0) is 25.4. The predicted molar refractivity (Wildman–Crippen MR) is 136 cm³/mol. The third-order valence-electron chi connectivity index (χ3n) is 5.26. The highest BCUT2D eigenvalue weighted by molar-refractivity contribution is 7.92. The first kappa shape index (κ1) is 25.9. The minimum Gasteiger partial charge on any atom is -0.495 e. The number of aryl methyl sites for hydroxylation is 1. The number of anilines is 1. The van der Waals surface area contributed by atoms with Crippen LogP contribution in [0.2, 0.25) is 0 Å². The van der Waals surface area contributed by atoms with Gasteiger partial charge in [-0.2, -0.15) is 0 Å². The first-order valence-electron chi connectivity index (χ1n) is 11.0. The van der Waals surface area contributed by atoms with Gasteiger partial charge in [0, 0.05) is 5.56 Å². The number of hydrogen-bond donors (Lipinski definition) is 1. The van der Waals surface area contributed by atoms with Gasteiger partial charge in [0.2, 0.25) is 10.0 Å². The summed E-state index contributed by atoms with van der Waals surface area (Å²) in [7, 11) is -0.511. The van der Waals surface area contributed by atoms with Gasteiger partial charge in [0.25, 0.3) is 5.91 Å². The lowest BCUT2D eigenvalue weighted by Gasteiger charge is -2.25. The van der Waals surface area contributed by atoms with E-state index in [1.54, 1.807) is 55.6 Å². The molecule has 0 radical (unpaired) electrons. The van der Waals surface area contributed by atoms with Crippen LogP contribution in [0.3, 0.4) is 0 Å². The molecule has 186 valence electrons. The Morgan fingerprint density at radius 3 is 2.20 bits per heavy atom. The molecule has 3 aromatic carbocycles. The zero-order valence-electron chi connectivity index (χ0n) is 20.3. The average molecular weight is 499 g/mol. The van der Waals surface area contributed by atoms with Gasteiger partial charge in [0.1, 0.15) is 12.4 Å². The Labute approximate surface area is 206 Å². The van der Waals surface area contributed by atoms with Crippen LogP contribution in [0.5, 0.6) is 17.2 Å². The summed E-state index contributed by atoms with van der Waals surface area (Å²) in [6, 6.07) is 19.5. The van der Waals surface area contributed by atoms with Crippen LogP contribution in [-0.2, 0) is 16.6 Å². The topological polar surface area (TPSA) is 94.2 Å². The molecule has 0 aliphatic heterocycles. The van der Waals surface area contributed by atoms with E-state index in [0.717, 1.165) is 17.4 Å². The van der Waals surface area contributed by atoms with Crippen molar-refractivity contribution in [3.8, 4) is 17.2 Å². The quantitative estimate of drug-likeness (QED) is 0.404. The number of carbonyl (C=O) groups is 1. The molecule has 1 amide bonds. The van der Waals surface area contributed by atoms with E-state index in [2.05, 4.69) is 5.32 Å². The van der Waals surface area contributed by atoms with E-state index in [1.807, 2.05) is 25.1 Å². The van der Waals surface area contributed by atoms with Gasteiger partial charge in [0.05, 0.1) is 39.3 Å². The minimum absolute atomic E-state index is 0.104. The fraction of sp³-hybridized carbons (Fsp3) is 0.269. The number of nitrogens with zero attached hydrogens (tertiary/aromatic N) is 1. The molecule has 0 saturated carbocycles. The molecule has 0 atom stereocenters. The summed E-state index contributed by atoms with van der Waals surface area (Å²) in [5, 5.41) is 2.81. The van der Waals surface area contributed by atoms with Crippen molar-refractivity contribution in [1.29, 1.82) is 0 Å². The number of nitrogens with one attached hydrogen (secondary N) is 1. The third-order valence-corrected chi connectivity index (χ3v) is 6.39. The molecule has 3 aromatic rings. The monoisotopic (exact) mass is 498 g/mol. The Morgan fingerprint density at radius 2 is 1.57 bits per heavy atom. The van der Waals surface area contributed by atoms with E-state index in [0.29, 0.717) is 35.0 Å². The van der Waals surface area contributed by atoms with Crippen LogP contribution < -0.4 is 23.8 Å². The Hall–Kier alpha value is -3.72. The van der Waals surface area contributed by atoms with Crippen molar-refractivity contribution in [2.45, 2.75) is 13.5 Å². The smallest absolute Gasteiger partial charge is 0.251 e. The van der Waals surface area contributed by atoms with Crippen LogP contribution in [0.4, 0.5) is 5.69 Å². The molecule has 8 nitrogen and oxygen atoms in total. The fourth-order valence-corrected chi connectivity index (χ4v) is 4.35. The number of benzene rings is 3. The van der Waals surface area contributed by atoms with Gasteiger partial charge in [-0.15, -0.1) is 0 Å². The first-order valence-corrected chi connectivity index (χ1v) is 12.8. The third kappa shape index (κ3) is 6.89. The van der Waals surface area contributed by atoms with Gasteiger partial charge in [0.15, 0.2) is 11.5 Å². The van der Waals surface area contributed by atoms with Gasteiger partial charge < -0.3 is 19.5 Å². The molecule has 0 aliphatic carbocycles. The standard InChI is InChI=1S/C26H30N2O6S/c1-19-9-14-23(32-2)22(17-19)28(35(4,30)31)18-20-10-12-21(13-11-20)26(29)27-15-16-34-25-8-6-5-7-24(25)33-3/h5-14,17H,15-16,18H2,1-4H3,(H,27,29). The van der Waals surface area contributed by atoms with Crippen LogP contribution in [-0.4, -0.2) is 48.0 Å². The Kier molecular flexibility index (Phi) is 8.59. The second kappa shape index (κ2) is 11.6. The number of amides is 1. The number of hydrogen-bond acceptors (Lipinski definition) is 6. The molecule has 0 bridgehead atoms. The van der Waals surface area contributed by atoms with E-state index in [1.165, 1.54) is 11.4 Å². The van der Waals surface area contributed by atoms with E-state index < -0.39 is 10.0 Å². The summed E-state index contributed by atoms with van der Waals surface area (Å²) < 4.78 is 42.7. The SMILES string of the molecule is COc1ccccc1OCCNC(=O)c1ccc(CN(c2cc(C)ccc2OC)S(C)(=O)=O)cc1. The molecule has 0 aromatic heterocycles. The Morgan fingerprint density at radius 1 is 0.914 bits per heavy atom. The average Bonchev–Trinajstić information content (AvgIpc) is 2.85. The molecular weight excluding hydrogens is 468 g/mol. The largest absolute Gasteiger partial charge is 0.495 e. The summed E-state index contributed by atoms with van der Waals surface area (Å²) in [4.78, 5) is 12.5. The molecular formula is C26H30N2O6S. The minimum atomic E-state index is -3.58. The van der Waals surface area contributed by atoms with Crippen molar-refractivity contribution >= 4 is 21.6 Å². The molecule has 3 rings (SSSR count). The molecule has 35 heavy (non-hydrogen) atoms. The fourth-order valence-electron chi connectivity index (χ4n) is 3.47. The number of methoxy groups -OCH3 is 2. The van der Waals surface area contributed by atoms with Crippen LogP contribution in [0.15, 0.2) is 66.7 Å². The first-order chi connectivity index (χ1) is 16.7. The summed E-state index contributed by atoms with van der Waals surface area (Å²) in [5.41, 5.74) is 2.57. The molecule has 0 heterocycles. The highest BCUT2D eigenvalue weighted by Crippen LogP contribution is 2.32. The highest BCUT2D eigenvalue weighted by Gasteiger charge is 2.22. The summed E-state index contributed by atoms with van der Waals surface area (Å²) >= 11 is 0. The molecule has 0 fully saturated rings. The van der Waals surface area contributed by atoms with E-state index in [4.69, 9.17) is 14.2 Å². The zero-order valence-corrected chi connectivity index (χ0v) is 21.1. The second-order valence-corrected chi connectivity index (χ2v) is 9.80.